The number of nitrogens with zero attached hydrogens (tertiary/aromatic N) is 2. The van der Waals surface area contributed by atoms with E-state index in [1.807, 2.05) is 18.2 Å². The number of ether oxygens (including phenoxy) is 1. The van der Waals surface area contributed by atoms with Gasteiger partial charge < -0.3 is 9.64 Å². The molecule has 0 saturated carbocycles. The van der Waals surface area contributed by atoms with E-state index < -0.39 is 10.0 Å². The number of sulfonamides is 1. The molecule has 2 aromatic carbocycles. The number of hydrogen-bond donors (Lipinski definition) is 0. The Balaban J connectivity index is 1.55. The number of halogens is 1. The highest BCUT2D eigenvalue weighted by molar-refractivity contribution is 9.10. The molecular weight excluding hydrogens is 440 g/mol. The van der Waals surface area contributed by atoms with Crippen LogP contribution < -0.4 is 4.74 Å². The van der Waals surface area contributed by atoms with Crippen molar-refractivity contribution < 1.29 is 13.2 Å². The Hall–Kier alpha value is -1.67. The van der Waals surface area contributed by atoms with E-state index in [9.17, 15) is 8.42 Å². The van der Waals surface area contributed by atoms with Gasteiger partial charge in [-0.25, -0.2) is 8.42 Å². The van der Waals surface area contributed by atoms with Crippen molar-refractivity contribution in [3.05, 3.63) is 64.6 Å². The second-order valence-corrected chi connectivity index (χ2v) is 9.46. The lowest BCUT2D eigenvalue weighted by molar-refractivity contribution is 0.191. The second kappa shape index (κ2) is 9.69. The van der Waals surface area contributed by atoms with Gasteiger partial charge in [0.25, 0.3) is 0 Å². The predicted octanol–water partition coefficient (Wildman–Crippen LogP) is 3.87. The van der Waals surface area contributed by atoms with Crippen molar-refractivity contribution in [3.63, 3.8) is 0 Å². The van der Waals surface area contributed by atoms with E-state index in [-0.39, 0.29) is 4.90 Å². The van der Waals surface area contributed by atoms with Crippen LogP contribution in [0.5, 0.6) is 5.75 Å². The zero-order chi connectivity index (χ0) is 20.0. The monoisotopic (exact) mass is 464 g/mol. The fourth-order valence-electron chi connectivity index (χ4n) is 3.23. The maximum atomic E-state index is 13.0. The molecule has 1 saturated heterocycles. The Morgan fingerprint density at radius 3 is 2.46 bits per heavy atom. The lowest BCUT2D eigenvalue weighted by atomic mass is 10.2. The van der Waals surface area contributed by atoms with Crippen LogP contribution in [0.1, 0.15) is 12.0 Å². The third kappa shape index (κ3) is 5.23. The van der Waals surface area contributed by atoms with Crippen LogP contribution in [-0.2, 0) is 10.0 Å². The van der Waals surface area contributed by atoms with Crippen LogP contribution in [0.3, 0.4) is 0 Å². The summed E-state index contributed by atoms with van der Waals surface area (Å²) >= 11 is 3.35. The molecule has 0 amide bonds. The van der Waals surface area contributed by atoms with Crippen molar-refractivity contribution in [3.8, 4) is 5.75 Å². The molecule has 1 heterocycles. The number of methoxy groups -OCH3 is 1. The zero-order valence-electron chi connectivity index (χ0n) is 15.9. The summed E-state index contributed by atoms with van der Waals surface area (Å²) in [5.41, 5.74) is 1.20. The van der Waals surface area contributed by atoms with E-state index in [1.54, 1.807) is 22.5 Å². The summed E-state index contributed by atoms with van der Waals surface area (Å²) in [6.45, 7) is 3.36. The standard InChI is InChI=1S/C21H25BrN2O3S/c1-27-20-11-10-19(22)17-21(20)28(25,26)24-15-13-23(14-16-24)12-6-5-9-18-7-3-2-4-8-18/h2-5,7-11,17H,6,12-16H2,1H3/b9-5+. The van der Waals surface area contributed by atoms with E-state index in [0.29, 0.717) is 18.8 Å². The second-order valence-electron chi connectivity index (χ2n) is 6.64. The highest BCUT2D eigenvalue weighted by atomic mass is 79.9. The van der Waals surface area contributed by atoms with Crippen molar-refractivity contribution in [1.29, 1.82) is 0 Å². The summed E-state index contributed by atoms with van der Waals surface area (Å²) in [6.07, 6.45) is 5.24. The van der Waals surface area contributed by atoms with Gasteiger partial charge >= 0.3 is 0 Å². The molecule has 5 nitrogen and oxygen atoms in total. The molecule has 0 atom stereocenters. The Bertz CT molecular complexity index is 909. The maximum Gasteiger partial charge on any atom is 0.246 e. The van der Waals surface area contributed by atoms with Gasteiger partial charge in [0.2, 0.25) is 10.0 Å². The fraction of sp³-hybridized carbons (Fsp3) is 0.333. The lowest BCUT2D eigenvalue weighted by Gasteiger charge is -2.34. The number of piperazine rings is 1. The van der Waals surface area contributed by atoms with Gasteiger partial charge in [-0.05, 0) is 30.2 Å². The van der Waals surface area contributed by atoms with Crippen LogP contribution in [0, 0.1) is 0 Å². The minimum absolute atomic E-state index is 0.212. The Kier molecular flexibility index (Phi) is 7.29. The molecule has 0 unspecified atom stereocenters. The van der Waals surface area contributed by atoms with Crippen molar-refractivity contribution >= 4 is 32.0 Å². The smallest absolute Gasteiger partial charge is 0.246 e. The summed E-state index contributed by atoms with van der Waals surface area (Å²) in [5.74, 6) is 0.372. The van der Waals surface area contributed by atoms with Gasteiger partial charge in [-0.1, -0.05) is 58.4 Å². The molecule has 1 fully saturated rings. The molecule has 0 aromatic heterocycles. The zero-order valence-corrected chi connectivity index (χ0v) is 18.3. The Morgan fingerprint density at radius 2 is 1.79 bits per heavy atom. The quantitative estimate of drug-likeness (QED) is 0.623. The molecule has 0 aliphatic carbocycles. The third-order valence-corrected chi connectivity index (χ3v) is 7.21. The largest absolute Gasteiger partial charge is 0.495 e. The van der Waals surface area contributed by atoms with Crippen LogP contribution in [0.25, 0.3) is 6.08 Å². The van der Waals surface area contributed by atoms with E-state index in [4.69, 9.17) is 4.74 Å². The van der Waals surface area contributed by atoms with E-state index in [0.717, 1.165) is 30.5 Å². The van der Waals surface area contributed by atoms with Gasteiger partial charge in [-0.15, -0.1) is 0 Å². The molecule has 7 heteroatoms. The Morgan fingerprint density at radius 1 is 1.07 bits per heavy atom. The van der Waals surface area contributed by atoms with Gasteiger partial charge in [0.05, 0.1) is 7.11 Å². The summed E-state index contributed by atoms with van der Waals surface area (Å²) in [5, 5.41) is 0. The highest BCUT2D eigenvalue weighted by Gasteiger charge is 2.30. The first-order chi connectivity index (χ1) is 13.5. The summed E-state index contributed by atoms with van der Waals surface area (Å²) in [7, 11) is -2.08. The van der Waals surface area contributed by atoms with Crippen LogP contribution in [0.4, 0.5) is 0 Å². The van der Waals surface area contributed by atoms with Gasteiger partial charge in [0, 0.05) is 37.2 Å². The van der Waals surface area contributed by atoms with Crippen LogP contribution in [0.2, 0.25) is 0 Å². The van der Waals surface area contributed by atoms with Gasteiger partial charge in [0.1, 0.15) is 10.6 Å². The fourth-order valence-corrected chi connectivity index (χ4v) is 5.34. The molecule has 0 spiro atoms. The van der Waals surface area contributed by atoms with Crippen molar-refractivity contribution in [2.45, 2.75) is 11.3 Å². The summed E-state index contributed by atoms with van der Waals surface area (Å²) in [4.78, 5) is 2.52. The molecule has 0 radical (unpaired) electrons. The molecule has 2 aromatic rings. The average molecular weight is 465 g/mol. The molecule has 1 aliphatic rings. The number of rotatable bonds is 7. The van der Waals surface area contributed by atoms with Crippen molar-refractivity contribution in [2.24, 2.45) is 0 Å². The minimum Gasteiger partial charge on any atom is -0.495 e. The van der Waals surface area contributed by atoms with Gasteiger partial charge in [0.15, 0.2) is 0 Å². The van der Waals surface area contributed by atoms with Crippen LogP contribution in [0.15, 0.2) is 64.0 Å². The normalized spacial score (nSPS) is 16.5. The van der Waals surface area contributed by atoms with E-state index in [2.05, 4.69) is 45.1 Å². The van der Waals surface area contributed by atoms with Crippen molar-refractivity contribution in [2.75, 3.05) is 39.8 Å². The SMILES string of the molecule is COc1ccc(Br)cc1S(=O)(=O)N1CCN(CC/C=C/c2ccccc2)CC1. The Labute approximate surface area is 175 Å². The first-order valence-electron chi connectivity index (χ1n) is 9.28. The molecular formula is C21H25BrN2O3S. The highest BCUT2D eigenvalue weighted by Crippen LogP contribution is 2.30. The van der Waals surface area contributed by atoms with Crippen LogP contribution >= 0.6 is 15.9 Å². The van der Waals surface area contributed by atoms with Gasteiger partial charge in [-0.2, -0.15) is 4.31 Å². The lowest BCUT2D eigenvalue weighted by Crippen LogP contribution is -2.48. The minimum atomic E-state index is -3.57. The number of hydrogen-bond acceptors (Lipinski definition) is 4. The first kappa shape index (κ1) is 21.0. The summed E-state index contributed by atoms with van der Waals surface area (Å²) < 4.78 is 33.6. The molecule has 3 rings (SSSR count). The average Bonchev–Trinajstić information content (AvgIpc) is 2.72. The molecule has 150 valence electrons. The first-order valence-corrected chi connectivity index (χ1v) is 11.5. The van der Waals surface area contributed by atoms with Gasteiger partial charge in [-0.3, -0.25) is 0 Å². The number of benzene rings is 2. The van der Waals surface area contributed by atoms with E-state index >= 15 is 0 Å². The summed E-state index contributed by atoms with van der Waals surface area (Å²) in [6, 6.07) is 15.3. The molecule has 28 heavy (non-hydrogen) atoms. The predicted molar refractivity (Wildman–Crippen MR) is 116 cm³/mol. The molecule has 1 aliphatic heterocycles. The van der Waals surface area contributed by atoms with Crippen LogP contribution in [-0.4, -0.2) is 57.5 Å². The topological polar surface area (TPSA) is 49.9 Å². The molecule has 0 bridgehead atoms. The van der Waals surface area contributed by atoms with Crippen molar-refractivity contribution in [1.82, 2.24) is 9.21 Å². The maximum absolute atomic E-state index is 13.0. The third-order valence-electron chi connectivity index (χ3n) is 4.80. The van der Waals surface area contributed by atoms with E-state index in [1.165, 1.54) is 12.7 Å². The molecule has 0 N–H and O–H groups in total.